The molecule has 2 unspecified atom stereocenters. The van der Waals surface area contributed by atoms with E-state index in [2.05, 4.69) is 25.8 Å². The molecular formula is C12H27NO. The molecule has 2 saturated heterocycles. The summed E-state index contributed by atoms with van der Waals surface area (Å²) in [6.07, 6.45) is 4.95. The van der Waals surface area contributed by atoms with Crippen LogP contribution in [-0.4, -0.2) is 37.2 Å². The van der Waals surface area contributed by atoms with Crippen LogP contribution in [0.15, 0.2) is 0 Å². The molecule has 0 spiro atoms. The minimum atomic E-state index is 0.564. The molecule has 0 amide bonds. The molecular weight excluding hydrogens is 174 g/mol. The van der Waals surface area contributed by atoms with E-state index in [4.69, 9.17) is 4.74 Å². The highest BCUT2D eigenvalue weighted by molar-refractivity contribution is 4.82. The van der Waals surface area contributed by atoms with Crippen LogP contribution >= 0.6 is 0 Å². The van der Waals surface area contributed by atoms with Crippen LogP contribution in [0.2, 0.25) is 0 Å². The molecule has 2 rings (SSSR count). The summed E-state index contributed by atoms with van der Waals surface area (Å²) in [6.45, 7) is 10.5. The van der Waals surface area contributed by atoms with Gasteiger partial charge in [-0.25, -0.2) is 0 Å². The molecule has 0 aliphatic carbocycles. The molecule has 0 radical (unpaired) electrons. The molecule has 0 aromatic rings. The second-order valence-corrected chi connectivity index (χ2v) is 3.89. The van der Waals surface area contributed by atoms with E-state index in [0.29, 0.717) is 12.2 Å². The number of fused-ring (bicyclic) bond motifs is 2. The number of nitrogens with zero attached hydrogens (tertiary/aromatic N) is 1. The largest absolute Gasteiger partial charge is 0.372 e. The minimum absolute atomic E-state index is 0.564. The van der Waals surface area contributed by atoms with Crippen molar-refractivity contribution in [2.24, 2.45) is 0 Å². The zero-order chi connectivity index (χ0) is 11.0. The van der Waals surface area contributed by atoms with E-state index in [0.717, 1.165) is 13.1 Å². The number of morpholine rings is 1. The van der Waals surface area contributed by atoms with Crippen molar-refractivity contribution in [2.45, 2.75) is 59.2 Å². The van der Waals surface area contributed by atoms with Crippen molar-refractivity contribution in [1.82, 2.24) is 4.90 Å². The van der Waals surface area contributed by atoms with Crippen molar-refractivity contribution in [1.29, 1.82) is 0 Å². The highest BCUT2D eigenvalue weighted by Gasteiger charge is 2.31. The van der Waals surface area contributed by atoms with Crippen molar-refractivity contribution in [3.8, 4) is 0 Å². The zero-order valence-corrected chi connectivity index (χ0v) is 10.5. The number of rotatable bonds is 0. The smallest absolute Gasteiger partial charge is 0.0707 e. The average molecular weight is 201 g/mol. The SMILES string of the molecule is CC.CCC.CN1CC2CCC(C1)O2. The molecule has 2 heterocycles. The highest BCUT2D eigenvalue weighted by atomic mass is 16.5. The van der Waals surface area contributed by atoms with Gasteiger partial charge in [0.15, 0.2) is 0 Å². The van der Waals surface area contributed by atoms with E-state index in [1.165, 1.54) is 19.3 Å². The summed E-state index contributed by atoms with van der Waals surface area (Å²) >= 11 is 0. The van der Waals surface area contributed by atoms with Crippen LogP contribution in [0.4, 0.5) is 0 Å². The predicted molar refractivity (Wildman–Crippen MR) is 62.7 cm³/mol. The van der Waals surface area contributed by atoms with Crippen molar-refractivity contribution < 1.29 is 4.74 Å². The first-order chi connectivity index (χ1) is 6.76. The van der Waals surface area contributed by atoms with Gasteiger partial charge in [0.1, 0.15) is 0 Å². The third-order valence-electron chi connectivity index (χ3n) is 2.23. The molecule has 2 aliphatic heterocycles. The zero-order valence-electron chi connectivity index (χ0n) is 10.5. The van der Waals surface area contributed by atoms with Crippen LogP contribution in [0.5, 0.6) is 0 Å². The van der Waals surface area contributed by atoms with Gasteiger partial charge in [-0.1, -0.05) is 34.1 Å². The fourth-order valence-electron chi connectivity index (χ4n) is 1.82. The molecule has 2 bridgehead atoms. The highest BCUT2D eigenvalue weighted by Crippen LogP contribution is 2.24. The maximum Gasteiger partial charge on any atom is 0.0707 e. The Balaban J connectivity index is 0.000000294. The van der Waals surface area contributed by atoms with Gasteiger partial charge < -0.3 is 9.64 Å². The number of likely N-dealkylation sites (N-methyl/N-ethyl adjacent to an activating group) is 1. The van der Waals surface area contributed by atoms with Crippen LogP contribution < -0.4 is 0 Å². The van der Waals surface area contributed by atoms with Crippen LogP contribution in [-0.2, 0) is 4.74 Å². The monoisotopic (exact) mass is 201 g/mol. The minimum Gasteiger partial charge on any atom is -0.372 e. The summed E-state index contributed by atoms with van der Waals surface area (Å²) in [7, 11) is 2.17. The maximum atomic E-state index is 5.63. The lowest BCUT2D eigenvalue weighted by Gasteiger charge is -2.28. The second kappa shape index (κ2) is 8.25. The first kappa shape index (κ1) is 13.9. The fraction of sp³-hybridized carbons (Fsp3) is 1.00. The van der Waals surface area contributed by atoms with Crippen LogP contribution in [0.1, 0.15) is 47.0 Å². The van der Waals surface area contributed by atoms with Gasteiger partial charge in [-0.2, -0.15) is 0 Å². The van der Waals surface area contributed by atoms with Gasteiger partial charge in [0.05, 0.1) is 12.2 Å². The van der Waals surface area contributed by atoms with Gasteiger partial charge in [-0.3, -0.25) is 0 Å². The summed E-state index contributed by atoms with van der Waals surface area (Å²) in [5.74, 6) is 0. The Hall–Kier alpha value is -0.0800. The molecule has 0 N–H and O–H groups in total. The van der Waals surface area contributed by atoms with Crippen molar-refractivity contribution in [3.05, 3.63) is 0 Å². The maximum absolute atomic E-state index is 5.63. The molecule has 0 saturated carbocycles. The van der Waals surface area contributed by atoms with E-state index in [1.54, 1.807) is 0 Å². The van der Waals surface area contributed by atoms with Gasteiger partial charge >= 0.3 is 0 Å². The lowest BCUT2D eigenvalue weighted by atomic mass is 10.2. The lowest BCUT2D eigenvalue weighted by Crippen LogP contribution is -2.39. The molecule has 86 valence electrons. The van der Waals surface area contributed by atoms with Gasteiger partial charge in [0, 0.05) is 13.1 Å². The van der Waals surface area contributed by atoms with E-state index in [1.807, 2.05) is 13.8 Å². The molecule has 2 atom stereocenters. The summed E-state index contributed by atoms with van der Waals surface area (Å²) < 4.78 is 5.63. The Labute approximate surface area is 89.6 Å². The van der Waals surface area contributed by atoms with Crippen LogP contribution in [0.3, 0.4) is 0 Å². The van der Waals surface area contributed by atoms with Gasteiger partial charge in [-0.05, 0) is 19.9 Å². The Kier molecular flexibility index (Phi) is 8.20. The van der Waals surface area contributed by atoms with E-state index in [-0.39, 0.29) is 0 Å². The van der Waals surface area contributed by atoms with Crippen LogP contribution in [0.25, 0.3) is 0 Å². The predicted octanol–water partition coefficient (Wildman–Crippen LogP) is 2.92. The Morgan fingerprint density at radius 3 is 1.79 bits per heavy atom. The molecule has 0 aromatic heterocycles. The quantitative estimate of drug-likeness (QED) is 0.597. The van der Waals surface area contributed by atoms with Gasteiger partial charge in [0.2, 0.25) is 0 Å². The Morgan fingerprint density at radius 2 is 1.43 bits per heavy atom. The number of hydrogen-bond acceptors (Lipinski definition) is 2. The van der Waals surface area contributed by atoms with E-state index < -0.39 is 0 Å². The first-order valence-electron chi connectivity index (χ1n) is 6.10. The Bertz CT molecular complexity index is 115. The summed E-state index contributed by atoms with van der Waals surface area (Å²) in [5.41, 5.74) is 0. The third-order valence-corrected chi connectivity index (χ3v) is 2.23. The lowest BCUT2D eigenvalue weighted by molar-refractivity contribution is -0.0293. The van der Waals surface area contributed by atoms with E-state index in [9.17, 15) is 0 Å². The molecule has 2 fully saturated rings. The summed E-state index contributed by atoms with van der Waals surface area (Å²) in [4.78, 5) is 2.37. The van der Waals surface area contributed by atoms with Crippen molar-refractivity contribution >= 4 is 0 Å². The number of likely N-dealkylation sites (tertiary alicyclic amines) is 1. The topological polar surface area (TPSA) is 12.5 Å². The number of ether oxygens (including phenoxy) is 1. The molecule has 2 heteroatoms. The second-order valence-electron chi connectivity index (χ2n) is 3.89. The average Bonchev–Trinajstić information content (AvgIpc) is 2.50. The molecule has 0 aromatic carbocycles. The third kappa shape index (κ3) is 4.97. The summed E-state index contributed by atoms with van der Waals surface area (Å²) in [5, 5.41) is 0. The van der Waals surface area contributed by atoms with Crippen molar-refractivity contribution in [3.63, 3.8) is 0 Å². The molecule has 2 aliphatic rings. The number of hydrogen-bond donors (Lipinski definition) is 0. The van der Waals surface area contributed by atoms with Crippen LogP contribution in [0, 0.1) is 0 Å². The standard InChI is InChI=1S/C7H13NO.C3H8.C2H6/c1-8-4-6-2-3-7(5-8)9-6;1-3-2;1-2/h6-7H,2-5H2,1H3;3H2,1-2H3;1-2H3. The van der Waals surface area contributed by atoms with Gasteiger partial charge in [-0.15, -0.1) is 0 Å². The molecule has 14 heavy (non-hydrogen) atoms. The van der Waals surface area contributed by atoms with E-state index >= 15 is 0 Å². The normalized spacial score (nSPS) is 29.8. The fourth-order valence-corrected chi connectivity index (χ4v) is 1.82. The first-order valence-corrected chi connectivity index (χ1v) is 6.10. The van der Waals surface area contributed by atoms with Crippen molar-refractivity contribution in [2.75, 3.05) is 20.1 Å². The Morgan fingerprint density at radius 1 is 1.07 bits per heavy atom. The summed E-state index contributed by atoms with van der Waals surface area (Å²) in [6, 6.07) is 0. The molecule has 2 nitrogen and oxygen atoms in total. The van der Waals surface area contributed by atoms with Gasteiger partial charge in [0.25, 0.3) is 0 Å².